The van der Waals surface area contributed by atoms with Crippen LogP contribution in [0.5, 0.6) is 5.75 Å². The summed E-state index contributed by atoms with van der Waals surface area (Å²) in [6, 6.07) is 9.47. The van der Waals surface area contributed by atoms with E-state index in [0.717, 1.165) is 0 Å². The number of para-hydroxylation sites is 1. The zero-order valence-electron chi connectivity index (χ0n) is 21.6. The Morgan fingerprint density at radius 2 is 1.62 bits per heavy atom. The first kappa shape index (κ1) is 27.1. The standard InChI is InChI=1S/C16H16NO4.3C4H9.Sn/c1-10-9-17-14(12(10)8-13(18)20-2)15(16(17)19)21-11-6-4-3-5-7-11;3*1-3-4-2;/h1,3-7,12,14-15H,8-9H2,2H3;3*1,3-4H2,2H3;/t12-,14+,15-;;;;/m1..../s1. The molecule has 2 heterocycles. The van der Waals surface area contributed by atoms with E-state index in [1.807, 2.05) is 35.2 Å². The van der Waals surface area contributed by atoms with E-state index in [9.17, 15) is 9.59 Å². The molecule has 0 aromatic heterocycles. The summed E-state index contributed by atoms with van der Waals surface area (Å²) in [5.41, 5.74) is 1.32. The van der Waals surface area contributed by atoms with Crippen molar-refractivity contribution in [2.75, 3.05) is 13.7 Å². The van der Waals surface area contributed by atoms with Gasteiger partial charge in [-0.3, -0.25) is 0 Å². The molecule has 0 spiro atoms. The topological polar surface area (TPSA) is 55.8 Å². The molecule has 5 nitrogen and oxygen atoms in total. The summed E-state index contributed by atoms with van der Waals surface area (Å²) in [4.78, 5) is 27.4. The van der Waals surface area contributed by atoms with Crippen molar-refractivity contribution in [1.82, 2.24) is 4.90 Å². The molecule has 0 N–H and O–H groups in total. The molecule has 34 heavy (non-hydrogen) atoms. The predicted molar refractivity (Wildman–Crippen MR) is 139 cm³/mol. The Hall–Kier alpha value is -1.50. The van der Waals surface area contributed by atoms with Gasteiger partial charge in [-0.05, 0) is 0 Å². The maximum absolute atomic E-state index is 13.1. The Labute approximate surface area is 210 Å². The second kappa shape index (κ2) is 13.0. The van der Waals surface area contributed by atoms with Crippen LogP contribution in [0.15, 0.2) is 40.0 Å². The molecule has 1 aromatic rings. The van der Waals surface area contributed by atoms with Gasteiger partial charge >= 0.3 is 211 Å². The molecule has 188 valence electrons. The number of hydrogen-bond donors (Lipinski definition) is 0. The van der Waals surface area contributed by atoms with Gasteiger partial charge in [0.15, 0.2) is 0 Å². The van der Waals surface area contributed by atoms with Gasteiger partial charge in [0.2, 0.25) is 0 Å². The van der Waals surface area contributed by atoms with Crippen LogP contribution in [0.25, 0.3) is 0 Å². The molecule has 0 saturated carbocycles. The van der Waals surface area contributed by atoms with E-state index in [4.69, 9.17) is 9.47 Å². The third-order valence-corrected chi connectivity index (χ3v) is 22.0. The number of hydrogen-bond acceptors (Lipinski definition) is 4. The summed E-state index contributed by atoms with van der Waals surface area (Å²) < 4.78 is 18.1. The van der Waals surface area contributed by atoms with Crippen molar-refractivity contribution >= 4 is 30.3 Å². The third kappa shape index (κ3) is 6.38. The van der Waals surface area contributed by atoms with E-state index in [1.54, 1.807) is 0 Å². The quantitative estimate of drug-likeness (QED) is 0.152. The van der Waals surface area contributed by atoms with Crippen molar-refractivity contribution in [2.45, 2.75) is 91.2 Å². The molecule has 2 aliphatic heterocycles. The zero-order chi connectivity index (χ0) is 24.6. The van der Waals surface area contributed by atoms with Gasteiger partial charge in [0.05, 0.1) is 0 Å². The van der Waals surface area contributed by atoms with Gasteiger partial charge in [-0.25, -0.2) is 0 Å². The number of carbonyl (C=O) groups excluding carboxylic acids is 2. The molecule has 2 fully saturated rings. The summed E-state index contributed by atoms with van der Waals surface area (Å²) in [6.45, 7) is 7.52. The van der Waals surface area contributed by atoms with Gasteiger partial charge in [-0.15, -0.1) is 0 Å². The molecule has 1 aromatic carbocycles. The van der Waals surface area contributed by atoms with Crippen LogP contribution in [0.3, 0.4) is 0 Å². The van der Waals surface area contributed by atoms with Gasteiger partial charge in [0.25, 0.3) is 0 Å². The van der Waals surface area contributed by atoms with Crippen molar-refractivity contribution in [3.63, 3.8) is 0 Å². The molecule has 0 unspecified atom stereocenters. The van der Waals surface area contributed by atoms with E-state index in [1.165, 1.54) is 64.5 Å². The van der Waals surface area contributed by atoms with Crippen molar-refractivity contribution in [3.8, 4) is 5.75 Å². The van der Waals surface area contributed by atoms with Gasteiger partial charge < -0.3 is 0 Å². The van der Waals surface area contributed by atoms with Crippen LogP contribution >= 0.6 is 0 Å². The van der Waals surface area contributed by atoms with E-state index >= 15 is 0 Å². The fraction of sp³-hybridized carbons (Fsp3) is 0.643. The number of nitrogens with zero attached hydrogens (tertiary/aromatic N) is 1. The third-order valence-electron chi connectivity index (χ3n) is 7.63. The Morgan fingerprint density at radius 1 is 1.03 bits per heavy atom. The second-order valence-corrected chi connectivity index (χ2v) is 23.0. The summed E-state index contributed by atoms with van der Waals surface area (Å²) in [6.07, 6.45) is 7.36. The van der Waals surface area contributed by atoms with Crippen LogP contribution in [-0.4, -0.2) is 61.0 Å². The van der Waals surface area contributed by atoms with Gasteiger partial charge in [-0.2, -0.15) is 0 Å². The molecular formula is C28H43NO4Sn. The molecule has 3 atom stereocenters. The normalized spacial score (nSPS) is 23.1. The number of unbranched alkanes of at least 4 members (excludes halogenated alkanes) is 3. The summed E-state index contributed by atoms with van der Waals surface area (Å²) in [7, 11) is 1.45. The Morgan fingerprint density at radius 3 is 2.15 bits per heavy atom. The van der Waals surface area contributed by atoms with Crippen molar-refractivity contribution in [1.29, 1.82) is 0 Å². The molecule has 3 rings (SSSR count). The number of β-lactam (4-membered cyclic amide) rings is 1. The Bertz CT molecular complexity index is 818. The molecule has 6 heteroatoms. The van der Waals surface area contributed by atoms with Gasteiger partial charge in [-0.1, -0.05) is 0 Å². The van der Waals surface area contributed by atoms with Crippen LogP contribution in [0.4, 0.5) is 0 Å². The Kier molecular flexibility index (Phi) is 10.3. The van der Waals surface area contributed by atoms with E-state index in [0.29, 0.717) is 18.7 Å². The molecule has 1 amide bonds. The van der Waals surface area contributed by atoms with E-state index in [-0.39, 0.29) is 23.8 Å². The van der Waals surface area contributed by atoms with Crippen LogP contribution < -0.4 is 4.74 Å². The first-order chi connectivity index (χ1) is 16.5. The number of ether oxygens (including phenoxy) is 2. The van der Waals surface area contributed by atoms with Gasteiger partial charge in [0, 0.05) is 0 Å². The van der Waals surface area contributed by atoms with Crippen LogP contribution in [0.1, 0.15) is 65.7 Å². The van der Waals surface area contributed by atoms with Crippen molar-refractivity contribution in [2.24, 2.45) is 5.92 Å². The number of rotatable bonds is 14. The zero-order valence-corrected chi connectivity index (χ0v) is 24.4. The number of benzene rings is 1. The van der Waals surface area contributed by atoms with E-state index in [2.05, 4.69) is 24.9 Å². The van der Waals surface area contributed by atoms with Crippen molar-refractivity contribution in [3.05, 3.63) is 40.0 Å². The molecular weight excluding hydrogens is 533 g/mol. The summed E-state index contributed by atoms with van der Waals surface area (Å²) in [5, 5.41) is 0. The van der Waals surface area contributed by atoms with E-state index < -0.39 is 24.5 Å². The number of esters is 1. The number of amides is 1. The Balaban J connectivity index is 1.93. The van der Waals surface area contributed by atoms with Gasteiger partial charge in [0.1, 0.15) is 0 Å². The number of fused-ring (bicyclic) bond motifs is 1. The van der Waals surface area contributed by atoms with Crippen LogP contribution in [-0.2, 0) is 14.3 Å². The fourth-order valence-corrected chi connectivity index (χ4v) is 21.2. The summed E-state index contributed by atoms with van der Waals surface area (Å²) >= 11 is -2.59. The molecule has 0 radical (unpaired) electrons. The average molecular weight is 576 g/mol. The maximum atomic E-state index is 13.1. The average Bonchev–Trinajstić information content (AvgIpc) is 3.17. The number of carbonyl (C=O) groups is 2. The first-order valence-electron chi connectivity index (χ1n) is 13.3. The predicted octanol–water partition coefficient (Wildman–Crippen LogP) is 6.15. The molecule has 2 aliphatic rings. The fourth-order valence-electron chi connectivity index (χ4n) is 5.69. The number of methoxy groups -OCH3 is 1. The van der Waals surface area contributed by atoms with Crippen LogP contribution in [0, 0.1) is 5.92 Å². The first-order valence-corrected chi connectivity index (χ1v) is 21.0. The molecule has 0 bridgehead atoms. The molecule has 2 saturated heterocycles. The minimum absolute atomic E-state index is 0.000170. The second-order valence-electron chi connectivity index (χ2n) is 10.1. The van der Waals surface area contributed by atoms with Crippen LogP contribution in [0.2, 0.25) is 13.3 Å². The van der Waals surface area contributed by atoms with Crippen molar-refractivity contribution < 1.29 is 19.1 Å². The monoisotopic (exact) mass is 577 g/mol. The SMILES string of the molecule is CCC[CH2][Sn](/[CH]=C1\CN2C(=O)[C@H](Oc3ccccc3)[C@@H]2[C@@H]1CC(=O)OC)([CH2]CCC)[CH2]CCC. The summed E-state index contributed by atoms with van der Waals surface area (Å²) in [5.74, 6) is 0.549. The molecule has 0 aliphatic carbocycles. The minimum atomic E-state index is -2.59.